The summed E-state index contributed by atoms with van der Waals surface area (Å²) >= 11 is 0.0522. The van der Waals surface area contributed by atoms with Gasteiger partial charge in [-0.2, -0.15) is 0 Å². The number of nitrogens with zero attached hydrogens (tertiary/aromatic N) is 4. The van der Waals surface area contributed by atoms with E-state index in [-0.39, 0.29) is 39.1 Å². The second kappa shape index (κ2) is 12.8. The number of hydrogen-bond acceptors (Lipinski definition) is 7. The first-order chi connectivity index (χ1) is 19.6. The number of rotatable bonds is 7. The zero-order chi connectivity index (χ0) is 27.9. The molecule has 0 aliphatic carbocycles. The first-order valence-corrected chi connectivity index (χ1v) is 16.3. The molecule has 1 aromatic heterocycles. The Morgan fingerprint density at radius 2 is 2.08 bits per heavy atom. The number of fused-ring (bicyclic) bond motifs is 1. The Morgan fingerprint density at radius 3 is 2.85 bits per heavy atom. The standard InChI is InChI=1S/C30H31IN7O2/c1-2-14-31-15-5-9-26(39)37-18-6-7-23(37)24-20-35-27(28-29(32)34-17-19-38(24)28)21-10-12-22(13-11-21)30(40)36-25-8-3-4-16-33-25/h3-4,8,10-13,16-17,19-20,23,35H,2,6-7,14-15,18H2,1H3,(H2,32,34)(H,33,36,40)/q-1/t23-/m0/s1. The summed E-state index contributed by atoms with van der Waals surface area (Å²) in [5.41, 5.74) is 10.2. The summed E-state index contributed by atoms with van der Waals surface area (Å²) in [6, 6.07) is 12.5. The van der Waals surface area contributed by atoms with Crippen LogP contribution in [0.3, 0.4) is 0 Å². The number of carbonyl (C=O) groups excluding carboxylic acids is 2. The number of halogens is 1. The molecule has 1 atom stereocenters. The van der Waals surface area contributed by atoms with Crippen molar-refractivity contribution >= 4 is 29.2 Å². The monoisotopic (exact) mass is 648 g/mol. The van der Waals surface area contributed by atoms with Gasteiger partial charge >= 0.3 is 176 Å². The molecule has 9 nitrogen and oxygen atoms in total. The van der Waals surface area contributed by atoms with Crippen LogP contribution in [0, 0.1) is 11.8 Å². The number of alkyl halides is 2. The van der Waals surface area contributed by atoms with E-state index in [9.17, 15) is 9.59 Å². The number of likely N-dealkylation sites (tertiary alicyclic amines) is 1. The molecule has 2 aromatic rings. The minimum atomic E-state index is -0.244. The van der Waals surface area contributed by atoms with Crippen LogP contribution in [0.2, 0.25) is 0 Å². The van der Waals surface area contributed by atoms with Gasteiger partial charge in [-0.15, -0.1) is 0 Å². The fraction of sp³-hybridized carbons (Fsp3) is 0.267. The Hall–Kier alpha value is -4.11. The van der Waals surface area contributed by atoms with E-state index in [2.05, 4.69) is 39.4 Å². The first kappa shape index (κ1) is 27.5. The summed E-state index contributed by atoms with van der Waals surface area (Å²) in [5.74, 6) is 6.47. The van der Waals surface area contributed by atoms with Crippen LogP contribution in [-0.2, 0) is 4.79 Å². The second-order valence-electron chi connectivity index (χ2n) is 9.34. The molecule has 3 aliphatic heterocycles. The number of aromatic nitrogens is 1. The Kier molecular flexibility index (Phi) is 8.81. The van der Waals surface area contributed by atoms with E-state index in [1.165, 1.54) is 10.8 Å². The van der Waals surface area contributed by atoms with Gasteiger partial charge in [0.05, 0.1) is 0 Å². The summed E-state index contributed by atoms with van der Waals surface area (Å²) < 4.78 is 2.08. The Labute approximate surface area is 244 Å². The van der Waals surface area contributed by atoms with E-state index in [0.717, 1.165) is 34.2 Å². The summed E-state index contributed by atoms with van der Waals surface area (Å²) in [6.45, 7) is 2.85. The van der Waals surface area contributed by atoms with E-state index in [4.69, 9.17) is 5.73 Å². The molecule has 5 rings (SSSR count). The number of carbonyl (C=O) groups is 2. The molecule has 3 aliphatic rings. The number of nitrogens with two attached hydrogens (primary N) is 1. The van der Waals surface area contributed by atoms with Crippen LogP contribution in [0.4, 0.5) is 5.82 Å². The molecule has 1 fully saturated rings. The van der Waals surface area contributed by atoms with Crippen LogP contribution in [0.15, 0.2) is 83.6 Å². The van der Waals surface area contributed by atoms with Gasteiger partial charge in [0.2, 0.25) is 0 Å². The van der Waals surface area contributed by atoms with Crippen LogP contribution in [0.1, 0.15) is 42.1 Å². The Morgan fingerprint density at radius 1 is 1.23 bits per heavy atom. The SMILES string of the molecule is CCC[I-]CC#CC(=O)N1CCC[C@H]1C1=CNC(c2ccc(C(=O)Nc3ccccn3)cc2)=C2C(N)=NC=CN12. The Balaban J connectivity index is 1.35. The number of hydrogen-bond donors (Lipinski definition) is 3. The number of aliphatic imine (C=N–C) groups is 1. The second-order valence-corrected chi connectivity index (χ2v) is 12.3. The Bertz CT molecular complexity index is 1450. The summed E-state index contributed by atoms with van der Waals surface area (Å²) in [6.07, 6.45) is 10.0. The average Bonchev–Trinajstić information content (AvgIpc) is 3.47. The fourth-order valence-electron chi connectivity index (χ4n) is 4.82. The number of amides is 2. The van der Waals surface area contributed by atoms with Gasteiger partial charge in [0.25, 0.3) is 5.91 Å². The van der Waals surface area contributed by atoms with Gasteiger partial charge in [0.1, 0.15) is 5.82 Å². The van der Waals surface area contributed by atoms with Gasteiger partial charge in [-0.3, -0.25) is 4.79 Å². The molecule has 0 unspecified atom stereocenters. The van der Waals surface area contributed by atoms with Gasteiger partial charge in [-0.1, -0.05) is 6.07 Å². The van der Waals surface area contributed by atoms with Crippen molar-refractivity contribution in [3.63, 3.8) is 0 Å². The molecule has 40 heavy (non-hydrogen) atoms. The zero-order valence-corrected chi connectivity index (χ0v) is 24.4. The third kappa shape index (κ3) is 6.04. The number of amidine groups is 1. The van der Waals surface area contributed by atoms with Crippen molar-refractivity contribution in [1.29, 1.82) is 0 Å². The molecule has 4 N–H and O–H groups in total. The maximum atomic E-state index is 13.0. The van der Waals surface area contributed by atoms with Crippen LogP contribution >= 0.6 is 0 Å². The molecule has 4 heterocycles. The molecule has 0 bridgehead atoms. The van der Waals surface area contributed by atoms with Gasteiger partial charge in [-0.05, 0) is 24.3 Å². The molecule has 0 spiro atoms. The van der Waals surface area contributed by atoms with Crippen LogP contribution < -0.4 is 37.6 Å². The van der Waals surface area contributed by atoms with Gasteiger partial charge in [-0.25, -0.2) is 4.98 Å². The van der Waals surface area contributed by atoms with Crippen molar-refractivity contribution in [3.8, 4) is 11.8 Å². The number of anilines is 1. The predicted molar refractivity (Wildman–Crippen MR) is 152 cm³/mol. The van der Waals surface area contributed by atoms with Gasteiger partial charge in [0.15, 0.2) is 0 Å². The molecular weight excluding hydrogens is 617 g/mol. The van der Waals surface area contributed by atoms with Crippen LogP contribution in [0.5, 0.6) is 0 Å². The number of nitrogens with one attached hydrogen (secondary N) is 2. The molecule has 2 amide bonds. The molecule has 1 aromatic carbocycles. The van der Waals surface area contributed by atoms with E-state index >= 15 is 0 Å². The molecule has 0 saturated carbocycles. The first-order valence-electron chi connectivity index (χ1n) is 13.2. The topological polar surface area (TPSA) is 116 Å². The molecular formula is C30H31IN7O2-. The number of pyridine rings is 1. The summed E-state index contributed by atoms with van der Waals surface area (Å²) in [7, 11) is 0. The fourth-order valence-corrected chi connectivity index (χ4v) is 6.43. The average molecular weight is 649 g/mol. The van der Waals surface area contributed by atoms with Crippen molar-refractivity contribution in [3.05, 3.63) is 89.8 Å². The van der Waals surface area contributed by atoms with E-state index < -0.39 is 0 Å². The van der Waals surface area contributed by atoms with Crippen molar-refractivity contribution in [2.75, 3.05) is 20.7 Å². The molecule has 0 radical (unpaired) electrons. The van der Waals surface area contributed by atoms with Crippen molar-refractivity contribution in [2.24, 2.45) is 10.7 Å². The van der Waals surface area contributed by atoms with Crippen molar-refractivity contribution < 1.29 is 30.8 Å². The minimum absolute atomic E-state index is 0.0522. The van der Waals surface area contributed by atoms with Crippen molar-refractivity contribution in [1.82, 2.24) is 20.1 Å². The molecule has 206 valence electrons. The van der Waals surface area contributed by atoms with Crippen LogP contribution in [0.25, 0.3) is 5.70 Å². The normalized spacial score (nSPS) is 17.9. The molecule has 10 heteroatoms. The van der Waals surface area contributed by atoms with Gasteiger partial charge < -0.3 is 5.32 Å². The van der Waals surface area contributed by atoms with Crippen molar-refractivity contribution in [2.45, 2.75) is 32.2 Å². The number of benzene rings is 1. The van der Waals surface area contributed by atoms with E-state index in [0.29, 0.717) is 29.5 Å². The van der Waals surface area contributed by atoms with E-state index in [1.54, 1.807) is 36.7 Å². The van der Waals surface area contributed by atoms with Crippen LogP contribution in [-0.4, -0.2) is 53.9 Å². The van der Waals surface area contributed by atoms with Gasteiger partial charge in [0, 0.05) is 11.8 Å². The summed E-state index contributed by atoms with van der Waals surface area (Å²) in [4.78, 5) is 38.1. The third-order valence-electron chi connectivity index (χ3n) is 6.67. The summed E-state index contributed by atoms with van der Waals surface area (Å²) in [5, 5.41) is 6.20. The quantitative estimate of drug-likeness (QED) is 0.170. The predicted octanol–water partition coefficient (Wildman–Crippen LogP) is 0.0845. The molecule has 1 saturated heterocycles. The van der Waals surface area contributed by atoms with E-state index in [1.807, 2.05) is 40.4 Å². The maximum absolute atomic E-state index is 13.0. The zero-order valence-electron chi connectivity index (χ0n) is 22.2. The third-order valence-corrected chi connectivity index (χ3v) is 9.43.